The van der Waals surface area contributed by atoms with Crippen LogP contribution in [-0.2, 0) is 39.0 Å². The Bertz CT molecular complexity index is 1850. The van der Waals surface area contributed by atoms with Gasteiger partial charge in [0.2, 0.25) is 0 Å². The quantitative estimate of drug-likeness (QED) is 0.241. The van der Waals surface area contributed by atoms with E-state index in [1.165, 1.54) is 16.7 Å². The topological polar surface area (TPSA) is 107 Å². The van der Waals surface area contributed by atoms with Gasteiger partial charge in [-0.1, -0.05) is 49.2 Å². The smallest absolute Gasteiger partial charge is 0.328 e. The minimum Gasteiger partial charge on any atom is -0.497 e. The number of anilines is 1. The molecule has 0 fully saturated rings. The van der Waals surface area contributed by atoms with E-state index in [1.807, 2.05) is 48.5 Å². The minimum atomic E-state index is -0.219. The number of aryl methyl sites for hydroxylation is 1. The lowest BCUT2D eigenvalue weighted by atomic mass is 9.90. The fourth-order valence-corrected chi connectivity index (χ4v) is 6.76. The molecule has 4 heterocycles. The van der Waals surface area contributed by atoms with E-state index in [1.54, 1.807) is 18.8 Å². The van der Waals surface area contributed by atoms with Crippen molar-refractivity contribution >= 4 is 17.0 Å². The van der Waals surface area contributed by atoms with E-state index in [-0.39, 0.29) is 11.7 Å². The van der Waals surface area contributed by atoms with E-state index in [2.05, 4.69) is 27.3 Å². The lowest BCUT2D eigenvalue weighted by Crippen LogP contribution is -2.25. The summed E-state index contributed by atoms with van der Waals surface area (Å²) < 4.78 is 18.7. The maximum Gasteiger partial charge on any atom is 0.328 e. The fourth-order valence-electron chi connectivity index (χ4n) is 6.76. The molecule has 2 aromatic heterocycles. The van der Waals surface area contributed by atoms with E-state index in [4.69, 9.17) is 24.2 Å². The lowest BCUT2D eigenvalue weighted by molar-refractivity contribution is 0.282. The third-order valence-electron chi connectivity index (χ3n) is 9.22. The Kier molecular flexibility index (Phi) is 9.10. The molecule has 0 radical (unpaired) electrons. The molecule has 5 aromatic rings. The van der Waals surface area contributed by atoms with Gasteiger partial charge in [-0.05, 0) is 89.9 Å². The van der Waals surface area contributed by atoms with Crippen molar-refractivity contribution < 1.29 is 14.2 Å². The predicted molar refractivity (Wildman–Crippen MR) is 183 cm³/mol. The largest absolute Gasteiger partial charge is 0.497 e. The molecular formula is C37H42N6O4. The molecule has 0 amide bonds. The fraction of sp³-hybridized carbons (Fsp3) is 0.378. The van der Waals surface area contributed by atoms with Gasteiger partial charge in [-0.25, -0.2) is 4.79 Å². The van der Waals surface area contributed by atoms with E-state index in [0.717, 1.165) is 79.8 Å². The molecule has 0 spiro atoms. The van der Waals surface area contributed by atoms with Gasteiger partial charge in [0, 0.05) is 19.6 Å². The van der Waals surface area contributed by atoms with Crippen molar-refractivity contribution in [2.75, 3.05) is 32.3 Å². The molecular weight excluding hydrogens is 592 g/mol. The molecule has 47 heavy (non-hydrogen) atoms. The first-order valence-electron chi connectivity index (χ1n) is 16.6. The number of nitrogens with one attached hydrogen (secondary N) is 2. The first kappa shape index (κ1) is 30.8. The van der Waals surface area contributed by atoms with Gasteiger partial charge in [-0.3, -0.25) is 4.57 Å². The number of rotatable bonds is 7. The zero-order chi connectivity index (χ0) is 32.2. The average Bonchev–Trinajstić information content (AvgIpc) is 3.41. The summed E-state index contributed by atoms with van der Waals surface area (Å²) in [6.45, 7) is 3.86. The molecule has 2 aliphatic heterocycles. The molecule has 0 unspecified atom stereocenters. The summed E-state index contributed by atoms with van der Waals surface area (Å²) in [6.07, 6.45) is 6.37. The van der Waals surface area contributed by atoms with Crippen molar-refractivity contribution in [1.82, 2.24) is 24.8 Å². The SMILES string of the molecule is COc1ccc(CN(Cc2ccc(OC)cc2)c2nc3nc4c2[nH]c(=O)n4Cc2cc(c4c(c2)CNCC4)CCCCCCO3)cc1. The summed E-state index contributed by atoms with van der Waals surface area (Å²) >= 11 is 0. The lowest BCUT2D eigenvalue weighted by Gasteiger charge is -2.25. The summed E-state index contributed by atoms with van der Waals surface area (Å²) in [4.78, 5) is 28.9. The van der Waals surface area contributed by atoms with Crippen LogP contribution in [0.5, 0.6) is 17.5 Å². The molecule has 10 nitrogen and oxygen atoms in total. The van der Waals surface area contributed by atoms with Crippen LogP contribution in [0.4, 0.5) is 5.82 Å². The molecule has 2 N–H and O–H groups in total. The maximum absolute atomic E-state index is 13.8. The van der Waals surface area contributed by atoms with Gasteiger partial charge >= 0.3 is 11.7 Å². The first-order chi connectivity index (χ1) is 23.1. The molecule has 10 heteroatoms. The van der Waals surface area contributed by atoms with E-state index >= 15 is 0 Å². The number of aromatic amines is 1. The van der Waals surface area contributed by atoms with Crippen LogP contribution in [0.25, 0.3) is 11.2 Å². The summed E-state index contributed by atoms with van der Waals surface area (Å²) in [7, 11) is 3.33. The normalized spacial score (nSPS) is 14.9. The predicted octanol–water partition coefficient (Wildman–Crippen LogP) is 5.53. The Morgan fingerprint density at radius 2 is 1.53 bits per heavy atom. The highest BCUT2D eigenvalue weighted by Gasteiger charge is 2.23. The summed E-state index contributed by atoms with van der Waals surface area (Å²) in [5.41, 5.74) is 8.40. The van der Waals surface area contributed by atoms with Gasteiger partial charge in [0.1, 0.15) is 17.0 Å². The Hall–Kier alpha value is -4.83. The van der Waals surface area contributed by atoms with Crippen molar-refractivity contribution in [3.8, 4) is 17.5 Å². The number of H-pyrrole nitrogens is 1. The van der Waals surface area contributed by atoms with Crippen molar-refractivity contribution in [3.05, 3.63) is 105 Å². The zero-order valence-corrected chi connectivity index (χ0v) is 27.2. The van der Waals surface area contributed by atoms with Crippen molar-refractivity contribution in [2.24, 2.45) is 0 Å². The van der Waals surface area contributed by atoms with Crippen molar-refractivity contribution in [1.29, 1.82) is 0 Å². The van der Waals surface area contributed by atoms with E-state index in [0.29, 0.717) is 43.2 Å². The number of nitrogens with zero attached hydrogens (tertiary/aromatic N) is 4. The number of imidazole rings is 1. The van der Waals surface area contributed by atoms with Crippen LogP contribution in [-0.4, -0.2) is 46.9 Å². The average molecular weight is 635 g/mol. The highest BCUT2D eigenvalue weighted by molar-refractivity contribution is 5.84. The molecule has 0 atom stereocenters. The van der Waals surface area contributed by atoms with Gasteiger partial charge in [0.15, 0.2) is 11.5 Å². The highest BCUT2D eigenvalue weighted by atomic mass is 16.5. The molecule has 2 aliphatic rings. The number of hydrogen-bond acceptors (Lipinski definition) is 8. The van der Waals surface area contributed by atoms with Crippen LogP contribution in [0.3, 0.4) is 0 Å². The summed E-state index contributed by atoms with van der Waals surface area (Å²) in [5.74, 6) is 2.20. The van der Waals surface area contributed by atoms with Crippen molar-refractivity contribution in [2.45, 2.75) is 64.7 Å². The third kappa shape index (κ3) is 6.83. The molecule has 7 rings (SSSR count). The van der Waals surface area contributed by atoms with Crippen LogP contribution in [0.15, 0.2) is 65.5 Å². The number of aromatic nitrogens is 4. The zero-order valence-electron chi connectivity index (χ0n) is 27.2. The van der Waals surface area contributed by atoms with Crippen LogP contribution in [0.1, 0.15) is 59.1 Å². The van der Waals surface area contributed by atoms with Crippen LogP contribution in [0, 0.1) is 0 Å². The number of hydrogen-bond donors (Lipinski definition) is 2. The number of ether oxygens (including phenoxy) is 3. The highest BCUT2D eigenvalue weighted by Crippen LogP contribution is 2.30. The minimum absolute atomic E-state index is 0.219. The standard InChI is InChI=1S/C37H42N6O4/c1-45-30-12-8-25(9-13-30)22-42(23-26-10-14-31(46-2)15-11-26)34-33-35-41-36(40-34)47-18-6-4-3-5-7-28-19-27(24-43(35)37(44)39-33)20-29-21-38-17-16-32(28)29/h8-15,19-20,38H,3-7,16-18,21-24H2,1-2H3,(H,39,44). The van der Waals surface area contributed by atoms with Gasteiger partial charge in [0.25, 0.3) is 0 Å². The number of methoxy groups -OCH3 is 2. The first-order valence-corrected chi connectivity index (χ1v) is 16.6. The van der Waals surface area contributed by atoms with Gasteiger partial charge in [-0.15, -0.1) is 0 Å². The molecule has 0 aliphatic carbocycles. The molecule has 244 valence electrons. The Labute approximate surface area is 274 Å². The van der Waals surface area contributed by atoms with Crippen LogP contribution < -0.4 is 30.1 Å². The molecule has 0 saturated heterocycles. The van der Waals surface area contributed by atoms with E-state index in [9.17, 15) is 4.79 Å². The Morgan fingerprint density at radius 3 is 2.23 bits per heavy atom. The van der Waals surface area contributed by atoms with Crippen molar-refractivity contribution in [3.63, 3.8) is 0 Å². The maximum atomic E-state index is 13.8. The summed E-state index contributed by atoms with van der Waals surface area (Å²) in [6, 6.07) is 20.9. The Balaban J connectivity index is 1.34. The molecule has 0 saturated carbocycles. The number of fused-ring (bicyclic) bond motifs is 5. The number of benzene rings is 3. The Morgan fingerprint density at radius 1 is 0.851 bits per heavy atom. The van der Waals surface area contributed by atoms with Gasteiger partial charge in [-0.2, -0.15) is 9.97 Å². The molecule has 4 bridgehead atoms. The van der Waals surface area contributed by atoms with Crippen LogP contribution >= 0.6 is 0 Å². The monoisotopic (exact) mass is 634 g/mol. The summed E-state index contributed by atoms with van der Waals surface area (Å²) in [5, 5.41) is 3.53. The van der Waals surface area contributed by atoms with Gasteiger partial charge < -0.3 is 29.4 Å². The van der Waals surface area contributed by atoms with E-state index < -0.39 is 0 Å². The second kappa shape index (κ2) is 13.9. The third-order valence-corrected chi connectivity index (χ3v) is 9.22. The van der Waals surface area contributed by atoms with Crippen LogP contribution in [0.2, 0.25) is 0 Å². The van der Waals surface area contributed by atoms with Gasteiger partial charge in [0.05, 0.1) is 27.4 Å². The second-order valence-electron chi connectivity index (χ2n) is 12.4. The molecule has 3 aromatic carbocycles. The second-order valence-corrected chi connectivity index (χ2v) is 12.4.